The number of esters is 1. The molecule has 0 N–H and O–H groups in total. The van der Waals surface area contributed by atoms with Crippen molar-refractivity contribution in [2.45, 2.75) is 20.3 Å². The molecule has 0 unspecified atom stereocenters. The van der Waals surface area contributed by atoms with Crippen LogP contribution in [0.1, 0.15) is 23.9 Å². The fraction of sp³-hybridized carbons (Fsp3) is 0.217. The van der Waals surface area contributed by atoms with Crippen LogP contribution < -0.4 is 4.74 Å². The largest absolute Gasteiger partial charge is 0.493 e. The first kappa shape index (κ1) is 19.4. The van der Waals surface area contributed by atoms with Gasteiger partial charge in [0.2, 0.25) is 5.89 Å². The summed E-state index contributed by atoms with van der Waals surface area (Å²) in [5.74, 6) is 1.85. The van der Waals surface area contributed by atoms with Gasteiger partial charge in [-0.3, -0.25) is 0 Å². The van der Waals surface area contributed by atoms with Crippen LogP contribution in [0.4, 0.5) is 0 Å². The molecule has 5 nitrogen and oxygen atoms in total. The molecule has 5 heteroatoms. The summed E-state index contributed by atoms with van der Waals surface area (Å²) in [4.78, 5) is 15.9. The molecule has 3 rings (SSSR count). The van der Waals surface area contributed by atoms with Crippen LogP contribution >= 0.6 is 0 Å². The lowest BCUT2D eigenvalue weighted by Crippen LogP contribution is -2.02. The van der Waals surface area contributed by atoms with Gasteiger partial charge in [0.25, 0.3) is 0 Å². The maximum atomic E-state index is 11.3. The van der Waals surface area contributed by atoms with Crippen LogP contribution in [-0.2, 0) is 16.0 Å². The van der Waals surface area contributed by atoms with Crippen molar-refractivity contribution >= 4 is 12.0 Å². The van der Waals surface area contributed by atoms with E-state index in [9.17, 15) is 4.79 Å². The molecule has 0 fully saturated rings. The van der Waals surface area contributed by atoms with Gasteiger partial charge in [-0.15, -0.1) is 0 Å². The number of ether oxygens (including phenoxy) is 2. The van der Waals surface area contributed by atoms with Crippen LogP contribution in [0.2, 0.25) is 0 Å². The Bertz CT molecular complexity index is 927. The van der Waals surface area contributed by atoms with Crippen molar-refractivity contribution < 1.29 is 18.7 Å². The Balaban J connectivity index is 1.53. The second-order valence-corrected chi connectivity index (χ2v) is 6.14. The minimum absolute atomic E-state index is 0.347. The van der Waals surface area contributed by atoms with E-state index in [1.807, 2.05) is 61.5 Å². The third kappa shape index (κ3) is 5.33. The Hall–Kier alpha value is -3.34. The van der Waals surface area contributed by atoms with Crippen LogP contribution in [-0.4, -0.2) is 24.2 Å². The third-order valence-electron chi connectivity index (χ3n) is 4.10. The number of nitrogens with zero attached hydrogens (tertiary/aromatic N) is 1. The molecule has 1 aromatic heterocycles. The van der Waals surface area contributed by atoms with E-state index in [-0.39, 0.29) is 5.97 Å². The van der Waals surface area contributed by atoms with E-state index in [4.69, 9.17) is 13.9 Å². The van der Waals surface area contributed by atoms with Crippen molar-refractivity contribution in [3.8, 4) is 17.2 Å². The summed E-state index contributed by atoms with van der Waals surface area (Å²) in [7, 11) is 0. The number of rotatable bonds is 8. The van der Waals surface area contributed by atoms with E-state index in [1.54, 1.807) is 13.0 Å². The van der Waals surface area contributed by atoms with Crippen LogP contribution in [0.3, 0.4) is 0 Å². The van der Waals surface area contributed by atoms with Crippen LogP contribution in [0, 0.1) is 6.92 Å². The number of aromatic nitrogens is 1. The zero-order chi connectivity index (χ0) is 19.8. The van der Waals surface area contributed by atoms with E-state index in [2.05, 4.69) is 4.98 Å². The van der Waals surface area contributed by atoms with Gasteiger partial charge < -0.3 is 13.9 Å². The van der Waals surface area contributed by atoms with Crippen molar-refractivity contribution in [2.75, 3.05) is 13.2 Å². The van der Waals surface area contributed by atoms with Gasteiger partial charge in [-0.1, -0.05) is 30.3 Å². The minimum Gasteiger partial charge on any atom is -0.493 e. The van der Waals surface area contributed by atoms with Crippen molar-refractivity contribution in [3.05, 3.63) is 77.7 Å². The second kappa shape index (κ2) is 9.55. The molecule has 3 aromatic rings. The summed E-state index contributed by atoms with van der Waals surface area (Å²) in [6, 6.07) is 17.4. The Morgan fingerprint density at radius 2 is 1.86 bits per heavy atom. The van der Waals surface area contributed by atoms with Gasteiger partial charge in [0.15, 0.2) is 0 Å². The molecule has 0 saturated carbocycles. The first-order valence-corrected chi connectivity index (χ1v) is 9.25. The maximum Gasteiger partial charge on any atom is 0.330 e. The predicted molar refractivity (Wildman–Crippen MR) is 108 cm³/mol. The standard InChI is InChI=1S/C23H23NO4/c1-3-26-22(25)14-11-18-9-12-20(13-10-18)27-16-15-21-17(2)28-23(24-21)19-7-5-4-6-8-19/h4-14H,3,15-16H2,1-2H3. The molecule has 144 valence electrons. The molecule has 0 atom stereocenters. The van der Waals surface area contributed by atoms with Gasteiger partial charge in [0, 0.05) is 18.1 Å². The lowest BCUT2D eigenvalue weighted by molar-refractivity contribution is -0.137. The van der Waals surface area contributed by atoms with Crippen LogP contribution in [0.25, 0.3) is 17.5 Å². The lowest BCUT2D eigenvalue weighted by atomic mass is 10.2. The normalized spacial score (nSPS) is 10.9. The topological polar surface area (TPSA) is 61.6 Å². The third-order valence-corrected chi connectivity index (χ3v) is 4.10. The molecule has 28 heavy (non-hydrogen) atoms. The highest BCUT2D eigenvalue weighted by molar-refractivity contribution is 5.87. The SMILES string of the molecule is CCOC(=O)C=Cc1ccc(OCCc2nc(-c3ccccc3)oc2C)cc1. The predicted octanol–water partition coefficient (Wildman–Crippen LogP) is 4.85. The number of carbonyl (C=O) groups is 1. The molecule has 0 aliphatic carbocycles. The summed E-state index contributed by atoms with van der Waals surface area (Å²) >= 11 is 0. The van der Waals surface area contributed by atoms with E-state index in [1.165, 1.54) is 6.08 Å². The fourth-order valence-corrected chi connectivity index (χ4v) is 2.66. The van der Waals surface area contributed by atoms with Gasteiger partial charge in [0.05, 0.1) is 18.9 Å². The van der Waals surface area contributed by atoms with E-state index >= 15 is 0 Å². The van der Waals surface area contributed by atoms with E-state index in [0.29, 0.717) is 25.5 Å². The molecule has 0 amide bonds. The van der Waals surface area contributed by atoms with Gasteiger partial charge in [-0.05, 0) is 49.8 Å². The molecule has 0 spiro atoms. The molecule has 2 aromatic carbocycles. The molecule has 0 radical (unpaired) electrons. The fourth-order valence-electron chi connectivity index (χ4n) is 2.66. The molecular formula is C23H23NO4. The number of hydrogen-bond donors (Lipinski definition) is 0. The average Bonchev–Trinajstić information content (AvgIpc) is 3.09. The van der Waals surface area contributed by atoms with E-state index < -0.39 is 0 Å². The van der Waals surface area contributed by atoms with Crippen LogP contribution in [0.5, 0.6) is 5.75 Å². The van der Waals surface area contributed by atoms with Gasteiger partial charge in [-0.25, -0.2) is 9.78 Å². The van der Waals surface area contributed by atoms with Crippen molar-refractivity contribution in [3.63, 3.8) is 0 Å². The Morgan fingerprint density at radius 1 is 1.11 bits per heavy atom. The highest BCUT2D eigenvalue weighted by Gasteiger charge is 2.11. The second-order valence-electron chi connectivity index (χ2n) is 6.14. The monoisotopic (exact) mass is 377 g/mol. The molecule has 0 aliphatic rings. The minimum atomic E-state index is -0.347. The first-order valence-electron chi connectivity index (χ1n) is 9.25. The van der Waals surface area contributed by atoms with Gasteiger partial charge in [-0.2, -0.15) is 0 Å². The number of aryl methyl sites for hydroxylation is 1. The average molecular weight is 377 g/mol. The quantitative estimate of drug-likeness (QED) is 0.415. The summed E-state index contributed by atoms with van der Waals surface area (Å²) in [6.07, 6.45) is 3.79. The Morgan fingerprint density at radius 3 is 2.57 bits per heavy atom. The number of hydrogen-bond acceptors (Lipinski definition) is 5. The summed E-state index contributed by atoms with van der Waals surface area (Å²) in [5.41, 5.74) is 2.76. The number of oxazole rings is 1. The molecule has 0 aliphatic heterocycles. The van der Waals surface area contributed by atoms with Crippen LogP contribution in [0.15, 0.2) is 65.1 Å². The zero-order valence-corrected chi connectivity index (χ0v) is 16.1. The van der Waals surface area contributed by atoms with Gasteiger partial charge >= 0.3 is 5.97 Å². The van der Waals surface area contributed by atoms with E-state index in [0.717, 1.165) is 28.3 Å². The number of carbonyl (C=O) groups excluding carboxylic acids is 1. The van der Waals surface area contributed by atoms with Crippen molar-refractivity contribution in [2.24, 2.45) is 0 Å². The summed E-state index contributed by atoms with van der Waals surface area (Å²) in [5, 5.41) is 0. The van der Waals surface area contributed by atoms with Crippen molar-refractivity contribution in [1.82, 2.24) is 4.98 Å². The van der Waals surface area contributed by atoms with Crippen molar-refractivity contribution in [1.29, 1.82) is 0 Å². The summed E-state index contributed by atoms with van der Waals surface area (Å²) < 4.78 is 16.4. The maximum absolute atomic E-state index is 11.3. The highest BCUT2D eigenvalue weighted by atomic mass is 16.5. The molecule has 0 saturated heterocycles. The van der Waals surface area contributed by atoms with Gasteiger partial charge in [0.1, 0.15) is 11.5 Å². The first-order chi connectivity index (χ1) is 13.7. The Kier molecular flexibility index (Phi) is 6.63. The highest BCUT2D eigenvalue weighted by Crippen LogP contribution is 2.22. The molecule has 1 heterocycles. The summed E-state index contributed by atoms with van der Waals surface area (Å²) in [6.45, 7) is 4.56. The smallest absolute Gasteiger partial charge is 0.330 e. The molecule has 0 bridgehead atoms. The Labute approximate surface area is 164 Å². The lowest BCUT2D eigenvalue weighted by Gasteiger charge is -2.05. The molecular weight excluding hydrogens is 354 g/mol. The zero-order valence-electron chi connectivity index (χ0n) is 16.1. The number of benzene rings is 2.